The summed E-state index contributed by atoms with van der Waals surface area (Å²) in [5, 5.41) is 0.584. The third-order valence-electron chi connectivity index (χ3n) is 4.87. The molecular weight excluding hydrogens is 402 g/mol. The average Bonchev–Trinajstić information content (AvgIpc) is 2.68. The zero-order chi connectivity index (χ0) is 20.1. The summed E-state index contributed by atoms with van der Waals surface area (Å²) < 4.78 is 18.7. The van der Waals surface area contributed by atoms with Gasteiger partial charge in [-0.15, -0.1) is 11.6 Å². The van der Waals surface area contributed by atoms with Crippen LogP contribution in [0.25, 0.3) is 0 Å². The van der Waals surface area contributed by atoms with Crippen molar-refractivity contribution in [1.29, 1.82) is 0 Å². The Bertz CT molecular complexity index is 817. The fourth-order valence-electron chi connectivity index (χ4n) is 3.41. The van der Waals surface area contributed by atoms with Gasteiger partial charge in [-0.25, -0.2) is 4.39 Å². The van der Waals surface area contributed by atoms with Gasteiger partial charge in [0.05, 0.1) is 5.88 Å². The highest BCUT2D eigenvalue weighted by Gasteiger charge is 2.27. The van der Waals surface area contributed by atoms with E-state index in [0.717, 1.165) is 30.8 Å². The van der Waals surface area contributed by atoms with Gasteiger partial charge in [-0.2, -0.15) is 0 Å². The maximum Gasteiger partial charge on any atom is 0.260 e. The molecule has 4 nitrogen and oxygen atoms in total. The topological polar surface area (TPSA) is 32.8 Å². The second-order valence-corrected chi connectivity index (χ2v) is 7.68. The van der Waals surface area contributed by atoms with Crippen molar-refractivity contribution in [3.05, 3.63) is 64.4 Å². The molecule has 2 aromatic carbocycles. The normalized spacial score (nSPS) is 17.6. The highest BCUT2D eigenvalue weighted by Crippen LogP contribution is 2.24. The first-order chi connectivity index (χ1) is 13.5. The summed E-state index contributed by atoms with van der Waals surface area (Å²) in [6.45, 7) is 4.90. The van der Waals surface area contributed by atoms with E-state index in [-0.39, 0.29) is 30.3 Å². The van der Waals surface area contributed by atoms with Crippen molar-refractivity contribution in [3.8, 4) is 5.75 Å². The molecule has 1 aliphatic heterocycles. The first-order valence-corrected chi connectivity index (χ1v) is 10.1. The fourth-order valence-corrected chi connectivity index (χ4v) is 3.81. The predicted molar refractivity (Wildman–Crippen MR) is 109 cm³/mol. The monoisotopic (exact) mass is 424 g/mol. The Morgan fingerprint density at radius 1 is 1.21 bits per heavy atom. The molecule has 2 aromatic rings. The molecule has 0 aliphatic carbocycles. The van der Waals surface area contributed by atoms with Crippen molar-refractivity contribution >= 4 is 29.1 Å². The van der Waals surface area contributed by atoms with Gasteiger partial charge >= 0.3 is 0 Å². The molecule has 150 valence electrons. The summed E-state index contributed by atoms with van der Waals surface area (Å²) in [5.74, 6) is 0.563. The minimum Gasteiger partial charge on any atom is -0.483 e. The Kier molecular flexibility index (Phi) is 7.16. The van der Waals surface area contributed by atoms with E-state index in [1.165, 1.54) is 12.1 Å². The largest absolute Gasteiger partial charge is 0.483 e. The van der Waals surface area contributed by atoms with Crippen LogP contribution in [-0.2, 0) is 17.2 Å². The standard InChI is InChI=1S/C21H23Cl2FN2O2/c1-15-12-25(13-16-2-5-19(24)6-3-16)8-9-26(15)21(27)14-28-20-7-4-18(23)10-17(20)11-22/h2-7,10,15H,8-9,11-14H2,1H3. The van der Waals surface area contributed by atoms with Gasteiger partial charge in [0.15, 0.2) is 6.61 Å². The molecule has 1 fully saturated rings. The number of piperazine rings is 1. The van der Waals surface area contributed by atoms with Crippen LogP contribution in [0.4, 0.5) is 4.39 Å². The van der Waals surface area contributed by atoms with Crippen LogP contribution < -0.4 is 4.74 Å². The molecule has 28 heavy (non-hydrogen) atoms. The summed E-state index contributed by atoms with van der Waals surface area (Å²) in [6.07, 6.45) is 0. The van der Waals surface area contributed by atoms with E-state index in [0.29, 0.717) is 17.3 Å². The number of halogens is 3. The van der Waals surface area contributed by atoms with Gasteiger partial charge in [-0.05, 0) is 42.8 Å². The molecule has 0 bridgehead atoms. The van der Waals surface area contributed by atoms with Crippen molar-refractivity contribution in [3.63, 3.8) is 0 Å². The van der Waals surface area contributed by atoms with Crippen molar-refractivity contribution < 1.29 is 13.9 Å². The lowest BCUT2D eigenvalue weighted by Gasteiger charge is -2.39. The molecule has 1 unspecified atom stereocenters. The predicted octanol–water partition coefficient (Wildman–Crippen LogP) is 4.33. The SMILES string of the molecule is CC1CN(Cc2ccc(F)cc2)CCN1C(=O)COc1ccc(Cl)cc1CCl. The van der Waals surface area contributed by atoms with Gasteiger partial charge in [0, 0.05) is 42.8 Å². The van der Waals surface area contributed by atoms with Crippen molar-refractivity contribution in [2.75, 3.05) is 26.2 Å². The van der Waals surface area contributed by atoms with E-state index in [1.54, 1.807) is 30.3 Å². The molecule has 0 saturated carbocycles. The molecule has 1 saturated heterocycles. The fraction of sp³-hybridized carbons (Fsp3) is 0.381. The summed E-state index contributed by atoms with van der Waals surface area (Å²) in [5.41, 5.74) is 1.83. The Hall–Kier alpha value is -1.82. The lowest BCUT2D eigenvalue weighted by Crippen LogP contribution is -2.54. The van der Waals surface area contributed by atoms with Gasteiger partial charge in [0.25, 0.3) is 5.91 Å². The van der Waals surface area contributed by atoms with Crippen LogP contribution in [0.5, 0.6) is 5.75 Å². The van der Waals surface area contributed by atoms with E-state index in [4.69, 9.17) is 27.9 Å². The second kappa shape index (κ2) is 9.59. The zero-order valence-corrected chi connectivity index (χ0v) is 17.2. The summed E-state index contributed by atoms with van der Waals surface area (Å²) in [7, 11) is 0. The zero-order valence-electron chi connectivity index (χ0n) is 15.7. The van der Waals surface area contributed by atoms with E-state index < -0.39 is 0 Å². The van der Waals surface area contributed by atoms with Gasteiger partial charge in [0.1, 0.15) is 11.6 Å². The number of ether oxygens (including phenoxy) is 1. The van der Waals surface area contributed by atoms with E-state index in [1.807, 2.05) is 11.8 Å². The van der Waals surface area contributed by atoms with E-state index >= 15 is 0 Å². The molecule has 0 N–H and O–H groups in total. The minimum absolute atomic E-state index is 0.0339. The first-order valence-electron chi connectivity index (χ1n) is 9.19. The van der Waals surface area contributed by atoms with Crippen LogP contribution in [0.1, 0.15) is 18.1 Å². The molecular formula is C21H23Cl2FN2O2. The van der Waals surface area contributed by atoms with Crippen molar-refractivity contribution in [2.24, 2.45) is 0 Å². The summed E-state index contributed by atoms with van der Waals surface area (Å²) in [4.78, 5) is 16.7. The Balaban J connectivity index is 1.52. The van der Waals surface area contributed by atoms with Gasteiger partial charge in [-0.1, -0.05) is 23.7 Å². The summed E-state index contributed by atoms with van der Waals surface area (Å²) >= 11 is 11.9. The van der Waals surface area contributed by atoms with Gasteiger partial charge in [0.2, 0.25) is 0 Å². The summed E-state index contributed by atoms with van der Waals surface area (Å²) in [6, 6.07) is 11.8. The highest BCUT2D eigenvalue weighted by atomic mass is 35.5. The Labute approximate surface area is 174 Å². The Morgan fingerprint density at radius 2 is 1.96 bits per heavy atom. The maximum absolute atomic E-state index is 13.0. The van der Waals surface area contributed by atoms with Crippen LogP contribution in [0.3, 0.4) is 0 Å². The van der Waals surface area contributed by atoms with Crippen LogP contribution in [-0.4, -0.2) is 48.0 Å². The first kappa shape index (κ1) is 20.9. The van der Waals surface area contributed by atoms with Gasteiger partial charge in [-0.3, -0.25) is 9.69 Å². The Morgan fingerprint density at radius 3 is 2.64 bits per heavy atom. The molecule has 0 spiro atoms. The van der Waals surface area contributed by atoms with Crippen LogP contribution in [0.15, 0.2) is 42.5 Å². The third kappa shape index (κ3) is 5.37. The number of hydrogen-bond acceptors (Lipinski definition) is 3. The average molecular weight is 425 g/mol. The molecule has 1 amide bonds. The molecule has 0 aromatic heterocycles. The molecule has 1 atom stereocenters. The number of carbonyl (C=O) groups excluding carboxylic acids is 1. The lowest BCUT2D eigenvalue weighted by atomic mass is 10.1. The van der Waals surface area contributed by atoms with Gasteiger partial charge < -0.3 is 9.64 Å². The van der Waals surface area contributed by atoms with E-state index in [2.05, 4.69) is 4.90 Å². The maximum atomic E-state index is 13.0. The number of nitrogens with zero attached hydrogens (tertiary/aromatic N) is 2. The van der Waals surface area contributed by atoms with Crippen LogP contribution in [0, 0.1) is 5.82 Å². The van der Waals surface area contributed by atoms with Crippen molar-refractivity contribution in [2.45, 2.75) is 25.4 Å². The molecule has 0 radical (unpaired) electrons. The minimum atomic E-state index is -0.231. The number of benzene rings is 2. The molecule has 7 heteroatoms. The number of amides is 1. The van der Waals surface area contributed by atoms with Crippen LogP contribution >= 0.6 is 23.2 Å². The van der Waals surface area contributed by atoms with E-state index in [9.17, 15) is 9.18 Å². The lowest BCUT2D eigenvalue weighted by molar-refractivity contribution is -0.138. The molecule has 1 aliphatic rings. The smallest absolute Gasteiger partial charge is 0.260 e. The second-order valence-electron chi connectivity index (χ2n) is 6.97. The number of alkyl halides is 1. The van der Waals surface area contributed by atoms with Crippen LogP contribution in [0.2, 0.25) is 5.02 Å². The number of carbonyl (C=O) groups is 1. The number of rotatable bonds is 6. The number of hydrogen-bond donors (Lipinski definition) is 0. The molecule has 1 heterocycles. The third-order valence-corrected chi connectivity index (χ3v) is 5.39. The quantitative estimate of drug-likeness (QED) is 0.646. The highest BCUT2D eigenvalue weighted by molar-refractivity contribution is 6.30. The molecule has 3 rings (SSSR count). The van der Waals surface area contributed by atoms with Crippen molar-refractivity contribution in [1.82, 2.24) is 9.80 Å².